The van der Waals surface area contributed by atoms with Crippen LogP contribution in [-0.4, -0.2) is 14.2 Å². The fraction of sp³-hybridized carbons (Fsp3) is 0.143. The highest BCUT2D eigenvalue weighted by Crippen LogP contribution is 2.42. The molecule has 0 atom stereocenters. The lowest BCUT2D eigenvalue weighted by atomic mass is 10.0. The van der Waals surface area contributed by atoms with Gasteiger partial charge in [0, 0.05) is 5.56 Å². The second kappa shape index (κ2) is 5.48. The van der Waals surface area contributed by atoms with Crippen LogP contribution >= 0.6 is 15.9 Å². The van der Waals surface area contributed by atoms with Crippen LogP contribution in [0.3, 0.4) is 0 Å². The Bertz CT molecular complexity index is 617. The lowest BCUT2D eigenvalue weighted by molar-refractivity contribution is 0.390. The number of nitrogens with two attached hydrogens (primary N) is 1. The van der Waals surface area contributed by atoms with E-state index >= 15 is 0 Å². The van der Waals surface area contributed by atoms with Crippen molar-refractivity contribution in [3.8, 4) is 22.6 Å². The quantitative estimate of drug-likeness (QED) is 0.871. The van der Waals surface area contributed by atoms with Gasteiger partial charge in [-0.05, 0) is 45.8 Å². The predicted molar refractivity (Wildman–Crippen MR) is 77.1 cm³/mol. The molecule has 0 spiro atoms. The van der Waals surface area contributed by atoms with Crippen LogP contribution in [0.1, 0.15) is 0 Å². The minimum Gasteiger partial charge on any atom is -0.495 e. The van der Waals surface area contributed by atoms with Crippen molar-refractivity contribution in [2.75, 3.05) is 20.0 Å². The van der Waals surface area contributed by atoms with Crippen LogP contribution < -0.4 is 15.2 Å². The van der Waals surface area contributed by atoms with Crippen molar-refractivity contribution in [2.45, 2.75) is 0 Å². The molecule has 0 heterocycles. The van der Waals surface area contributed by atoms with Gasteiger partial charge in [-0.25, -0.2) is 4.39 Å². The standard InChI is InChI=1S/C14H13BrFNO2/c1-18-12-6-4-9(14(19-2)13(12)15)8-3-5-11(17)10(16)7-8/h3-7H,17H2,1-2H3. The zero-order valence-corrected chi connectivity index (χ0v) is 12.1. The van der Waals surface area contributed by atoms with Gasteiger partial charge < -0.3 is 15.2 Å². The smallest absolute Gasteiger partial charge is 0.146 e. The van der Waals surface area contributed by atoms with E-state index < -0.39 is 5.82 Å². The van der Waals surface area contributed by atoms with E-state index in [0.29, 0.717) is 21.5 Å². The first kappa shape index (κ1) is 13.7. The summed E-state index contributed by atoms with van der Waals surface area (Å²) in [6.07, 6.45) is 0. The molecule has 19 heavy (non-hydrogen) atoms. The Morgan fingerprint density at radius 3 is 2.42 bits per heavy atom. The normalized spacial score (nSPS) is 10.3. The summed E-state index contributed by atoms with van der Waals surface area (Å²) in [5.74, 6) is 0.784. The highest BCUT2D eigenvalue weighted by Gasteiger charge is 2.14. The summed E-state index contributed by atoms with van der Waals surface area (Å²) in [5, 5.41) is 0. The fourth-order valence-electron chi connectivity index (χ4n) is 1.82. The molecule has 0 fully saturated rings. The van der Waals surface area contributed by atoms with Crippen LogP contribution in [0.15, 0.2) is 34.8 Å². The van der Waals surface area contributed by atoms with Crippen LogP contribution in [0.25, 0.3) is 11.1 Å². The van der Waals surface area contributed by atoms with Gasteiger partial charge in [-0.1, -0.05) is 6.07 Å². The maximum atomic E-state index is 13.5. The van der Waals surface area contributed by atoms with Gasteiger partial charge >= 0.3 is 0 Å². The minimum atomic E-state index is -0.452. The molecule has 0 saturated carbocycles. The highest BCUT2D eigenvalue weighted by atomic mass is 79.9. The maximum absolute atomic E-state index is 13.5. The van der Waals surface area contributed by atoms with Crippen LogP contribution in [0, 0.1) is 5.82 Å². The molecule has 0 aromatic heterocycles. The van der Waals surface area contributed by atoms with Gasteiger partial charge in [0.2, 0.25) is 0 Å². The average Bonchev–Trinajstić information content (AvgIpc) is 2.41. The van der Waals surface area contributed by atoms with Crippen molar-refractivity contribution in [1.82, 2.24) is 0 Å². The van der Waals surface area contributed by atoms with Crippen molar-refractivity contribution in [3.05, 3.63) is 40.6 Å². The van der Waals surface area contributed by atoms with Gasteiger partial charge in [0.1, 0.15) is 21.8 Å². The molecule has 0 aliphatic carbocycles. The molecule has 2 N–H and O–H groups in total. The van der Waals surface area contributed by atoms with Crippen LogP contribution in [0.2, 0.25) is 0 Å². The Kier molecular flexibility index (Phi) is 3.95. The number of benzene rings is 2. The molecule has 0 aliphatic heterocycles. The number of hydrogen-bond donors (Lipinski definition) is 1. The zero-order valence-electron chi connectivity index (χ0n) is 10.5. The molecule has 2 aromatic rings. The molecule has 5 heteroatoms. The molecule has 0 unspecified atom stereocenters. The first-order valence-corrected chi connectivity index (χ1v) is 6.33. The fourth-order valence-corrected chi connectivity index (χ4v) is 2.49. The molecule has 0 bridgehead atoms. The van der Waals surface area contributed by atoms with Crippen molar-refractivity contribution < 1.29 is 13.9 Å². The number of methoxy groups -OCH3 is 2. The number of halogens is 2. The summed E-state index contributed by atoms with van der Waals surface area (Å²) in [6.45, 7) is 0. The molecule has 0 saturated heterocycles. The number of hydrogen-bond acceptors (Lipinski definition) is 3. The van der Waals surface area contributed by atoms with Crippen molar-refractivity contribution in [1.29, 1.82) is 0 Å². The lowest BCUT2D eigenvalue weighted by Gasteiger charge is -2.13. The van der Waals surface area contributed by atoms with Gasteiger partial charge in [-0.3, -0.25) is 0 Å². The number of ether oxygens (including phenoxy) is 2. The van der Waals surface area contributed by atoms with E-state index in [0.717, 1.165) is 5.56 Å². The van der Waals surface area contributed by atoms with Gasteiger partial charge in [-0.15, -0.1) is 0 Å². The van der Waals surface area contributed by atoms with Crippen LogP contribution in [0.4, 0.5) is 10.1 Å². The Hall–Kier alpha value is -1.75. The summed E-state index contributed by atoms with van der Waals surface area (Å²) >= 11 is 3.41. The minimum absolute atomic E-state index is 0.121. The van der Waals surface area contributed by atoms with Gasteiger partial charge in [0.15, 0.2) is 0 Å². The molecular formula is C14H13BrFNO2. The zero-order chi connectivity index (χ0) is 14.0. The van der Waals surface area contributed by atoms with Gasteiger partial charge in [0.05, 0.1) is 19.9 Å². The summed E-state index contributed by atoms with van der Waals surface area (Å²) in [4.78, 5) is 0. The third kappa shape index (κ3) is 2.51. The Morgan fingerprint density at radius 1 is 1.11 bits per heavy atom. The second-order valence-electron chi connectivity index (χ2n) is 3.90. The highest BCUT2D eigenvalue weighted by molar-refractivity contribution is 9.10. The largest absolute Gasteiger partial charge is 0.495 e. The Balaban J connectivity index is 2.61. The van der Waals surface area contributed by atoms with E-state index in [4.69, 9.17) is 15.2 Å². The van der Waals surface area contributed by atoms with Crippen LogP contribution in [0.5, 0.6) is 11.5 Å². The Morgan fingerprint density at radius 2 is 1.84 bits per heavy atom. The molecule has 3 nitrogen and oxygen atoms in total. The second-order valence-corrected chi connectivity index (χ2v) is 4.69. The van der Waals surface area contributed by atoms with Gasteiger partial charge in [-0.2, -0.15) is 0 Å². The molecule has 100 valence electrons. The summed E-state index contributed by atoms with van der Waals surface area (Å²) < 4.78 is 24.8. The molecule has 0 aliphatic rings. The summed E-state index contributed by atoms with van der Waals surface area (Å²) in [5.41, 5.74) is 7.04. The molecule has 0 amide bonds. The van der Waals surface area contributed by atoms with Crippen molar-refractivity contribution in [2.24, 2.45) is 0 Å². The van der Waals surface area contributed by atoms with Crippen molar-refractivity contribution in [3.63, 3.8) is 0 Å². The first-order valence-electron chi connectivity index (χ1n) is 5.54. The third-order valence-corrected chi connectivity index (χ3v) is 3.55. The first-order chi connectivity index (χ1) is 9.08. The monoisotopic (exact) mass is 325 g/mol. The lowest BCUT2D eigenvalue weighted by Crippen LogP contribution is -1.95. The topological polar surface area (TPSA) is 44.5 Å². The summed E-state index contributed by atoms with van der Waals surface area (Å²) in [6, 6.07) is 8.26. The molecule has 2 rings (SSSR count). The summed E-state index contributed by atoms with van der Waals surface area (Å²) in [7, 11) is 3.12. The van der Waals surface area contributed by atoms with Gasteiger partial charge in [0.25, 0.3) is 0 Å². The maximum Gasteiger partial charge on any atom is 0.146 e. The SMILES string of the molecule is COc1ccc(-c2ccc(N)c(F)c2)c(OC)c1Br. The van der Waals surface area contributed by atoms with E-state index in [1.165, 1.54) is 12.1 Å². The third-order valence-electron chi connectivity index (χ3n) is 2.80. The average molecular weight is 326 g/mol. The number of nitrogen functional groups attached to an aromatic ring is 1. The van der Waals surface area contributed by atoms with Crippen molar-refractivity contribution >= 4 is 21.6 Å². The Labute approximate surface area is 119 Å². The molecule has 2 aromatic carbocycles. The van der Waals surface area contributed by atoms with E-state index in [1.54, 1.807) is 26.4 Å². The van der Waals surface area contributed by atoms with E-state index in [9.17, 15) is 4.39 Å². The predicted octanol–water partition coefficient (Wildman–Crippen LogP) is 3.85. The van der Waals surface area contributed by atoms with Crippen LogP contribution in [-0.2, 0) is 0 Å². The molecular weight excluding hydrogens is 313 g/mol. The van der Waals surface area contributed by atoms with E-state index in [-0.39, 0.29) is 5.69 Å². The molecule has 0 radical (unpaired) electrons. The number of rotatable bonds is 3. The van der Waals surface area contributed by atoms with E-state index in [2.05, 4.69) is 15.9 Å². The number of anilines is 1. The van der Waals surface area contributed by atoms with E-state index in [1.807, 2.05) is 6.07 Å².